The molecule has 5 rings (SSSR count). The number of aromatic nitrogens is 5. The molecule has 4 aromatic rings. The number of aryl methyl sites for hydroxylation is 1. The second kappa shape index (κ2) is 7.37. The van der Waals surface area contributed by atoms with Crippen molar-refractivity contribution in [1.29, 1.82) is 0 Å². The maximum Gasteiger partial charge on any atom is 0.274 e. The van der Waals surface area contributed by atoms with Crippen molar-refractivity contribution in [2.45, 2.75) is 25.2 Å². The number of nitrogens with zero attached hydrogens (tertiary/aromatic N) is 4. The summed E-state index contributed by atoms with van der Waals surface area (Å²) in [6.45, 7) is 2.20. The minimum Gasteiger partial charge on any atom is -0.357 e. The van der Waals surface area contributed by atoms with Crippen molar-refractivity contribution in [3.63, 3.8) is 0 Å². The summed E-state index contributed by atoms with van der Waals surface area (Å²) in [5.74, 6) is 0.301. The van der Waals surface area contributed by atoms with Crippen molar-refractivity contribution in [3.8, 4) is 0 Å². The highest BCUT2D eigenvalue weighted by atomic mass is 19.1. The van der Waals surface area contributed by atoms with Crippen LogP contribution in [0.5, 0.6) is 0 Å². The van der Waals surface area contributed by atoms with Crippen LogP contribution in [0.3, 0.4) is 0 Å². The molecule has 1 amide bonds. The Labute approximate surface area is 182 Å². The van der Waals surface area contributed by atoms with Crippen LogP contribution in [-0.2, 0) is 12.5 Å². The van der Waals surface area contributed by atoms with E-state index in [0.29, 0.717) is 17.9 Å². The number of carbonyl (C=O) groups is 2. The summed E-state index contributed by atoms with van der Waals surface area (Å²) in [6.07, 6.45) is 5.24. The first kappa shape index (κ1) is 20.0. The average Bonchev–Trinajstić information content (AvgIpc) is 3.36. The van der Waals surface area contributed by atoms with Gasteiger partial charge in [0.05, 0.1) is 10.9 Å². The van der Waals surface area contributed by atoms with Gasteiger partial charge in [0.15, 0.2) is 12.1 Å². The van der Waals surface area contributed by atoms with Crippen LogP contribution in [0.25, 0.3) is 11.0 Å². The summed E-state index contributed by atoms with van der Waals surface area (Å²) < 4.78 is 15.9. The SMILES string of the molecule is CC1CC(c2cccc(NC(=O)c3cc(C=O)c4[nH]cc(F)c4n3)c2)(c2nncn2C)C1. The number of rotatable bonds is 5. The molecule has 162 valence electrons. The number of amides is 1. The third-order valence-electron chi connectivity index (χ3n) is 6.19. The van der Waals surface area contributed by atoms with Crippen molar-refractivity contribution in [1.82, 2.24) is 24.7 Å². The van der Waals surface area contributed by atoms with E-state index in [1.54, 1.807) is 12.4 Å². The van der Waals surface area contributed by atoms with Gasteiger partial charge in [0.25, 0.3) is 5.91 Å². The molecule has 0 bridgehead atoms. The van der Waals surface area contributed by atoms with E-state index in [1.165, 1.54) is 6.07 Å². The predicted octanol–water partition coefficient (Wildman–Crippen LogP) is 3.61. The average molecular weight is 432 g/mol. The number of H-pyrrole nitrogens is 1. The molecule has 1 saturated carbocycles. The van der Waals surface area contributed by atoms with Gasteiger partial charge in [-0.15, -0.1) is 10.2 Å². The third-order valence-corrected chi connectivity index (χ3v) is 6.19. The van der Waals surface area contributed by atoms with Crippen LogP contribution in [0.2, 0.25) is 0 Å². The molecule has 0 atom stereocenters. The molecule has 2 N–H and O–H groups in total. The topological polar surface area (TPSA) is 106 Å². The van der Waals surface area contributed by atoms with Gasteiger partial charge in [0.2, 0.25) is 0 Å². The smallest absolute Gasteiger partial charge is 0.274 e. The standard InChI is InChI=1S/C23H21FN6O2/c1-13-8-23(9-13,22-29-26-12-30(22)2)15-4-3-5-16(7-15)27-21(32)18-6-14(11-31)19-20(28-18)17(24)10-25-19/h3-7,10-13,25H,8-9H2,1-2H3,(H,27,32). The highest BCUT2D eigenvalue weighted by molar-refractivity contribution is 6.06. The number of aromatic amines is 1. The fourth-order valence-corrected chi connectivity index (χ4v) is 4.79. The number of hydrogen-bond acceptors (Lipinski definition) is 5. The minimum atomic E-state index is -0.621. The number of pyridine rings is 1. The molecule has 3 heterocycles. The lowest BCUT2D eigenvalue weighted by molar-refractivity contribution is 0.102. The summed E-state index contributed by atoms with van der Waals surface area (Å²) in [5, 5.41) is 11.2. The Balaban J connectivity index is 1.48. The Kier molecular flexibility index (Phi) is 4.61. The summed E-state index contributed by atoms with van der Waals surface area (Å²) in [6, 6.07) is 8.96. The number of carbonyl (C=O) groups excluding carboxylic acids is 2. The molecule has 0 radical (unpaired) electrons. The lowest BCUT2D eigenvalue weighted by atomic mass is 9.58. The third kappa shape index (κ3) is 3.08. The molecule has 8 nitrogen and oxygen atoms in total. The first-order valence-electron chi connectivity index (χ1n) is 10.3. The first-order valence-corrected chi connectivity index (χ1v) is 10.3. The number of halogens is 1. The van der Waals surface area contributed by atoms with Crippen LogP contribution >= 0.6 is 0 Å². The molecule has 32 heavy (non-hydrogen) atoms. The van der Waals surface area contributed by atoms with Crippen molar-refractivity contribution in [3.05, 3.63) is 71.3 Å². The molecular weight excluding hydrogens is 411 g/mol. The van der Waals surface area contributed by atoms with Gasteiger partial charge < -0.3 is 14.9 Å². The Morgan fingerprint density at radius 2 is 2.16 bits per heavy atom. The lowest BCUT2D eigenvalue weighted by Crippen LogP contribution is -2.43. The largest absolute Gasteiger partial charge is 0.357 e. The Bertz CT molecular complexity index is 1350. The lowest BCUT2D eigenvalue weighted by Gasteiger charge is -2.46. The van der Waals surface area contributed by atoms with Crippen LogP contribution in [0.4, 0.5) is 10.1 Å². The molecule has 1 aliphatic carbocycles. The van der Waals surface area contributed by atoms with E-state index in [4.69, 9.17) is 0 Å². The van der Waals surface area contributed by atoms with E-state index >= 15 is 0 Å². The molecule has 9 heteroatoms. The van der Waals surface area contributed by atoms with Gasteiger partial charge >= 0.3 is 0 Å². The van der Waals surface area contributed by atoms with Crippen LogP contribution in [0.1, 0.15) is 52.0 Å². The predicted molar refractivity (Wildman–Crippen MR) is 116 cm³/mol. The Morgan fingerprint density at radius 3 is 2.84 bits per heavy atom. The molecule has 1 aromatic carbocycles. The summed E-state index contributed by atoms with van der Waals surface area (Å²) >= 11 is 0. The maximum atomic E-state index is 14.0. The molecule has 3 aromatic heterocycles. The highest BCUT2D eigenvalue weighted by Crippen LogP contribution is 2.51. The van der Waals surface area contributed by atoms with E-state index < -0.39 is 11.7 Å². The van der Waals surface area contributed by atoms with E-state index in [-0.39, 0.29) is 27.7 Å². The van der Waals surface area contributed by atoms with Crippen LogP contribution in [0.15, 0.2) is 42.9 Å². The number of fused-ring (bicyclic) bond motifs is 1. The molecule has 0 spiro atoms. The van der Waals surface area contributed by atoms with E-state index in [9.17, 15) is 14.0 Å². The highest BCUT2D eigenvalue weighted by Gasteiger charge is 2.48. The van der Waals surface area contributed by atoms with Crippen LogP contribution in [-0.4, -0.2) is 36.9 Å². The van der Waals surface area contributed by atoms with Gasteiger partial charge in [-0.05, 0) is 42.5 Å². The molecule has 0 saturated heterocycles. The van der Waals surface area contributed by atoms with Gasteiger partial charge in [-0.25, -0.2) is 9.37 Å². The monoisotopic (exact) mass is 432 g/mol. The fraction of sp³-hybridized carbons (Fsp3) is 0.261. The van der Waals surface area contributed by atoms with Crippen molar-refractivity contribution >= 4 is 28.9 Å². The van der Waals surface area contributed by atoms with Crippen LogP contribution < -0.4 is 5.32 Å². The maximum absolute atomic E-state index is 14.0. The zero-order chi connectivity index (χ0) is 22.5. The first-order chi connectivity index (χ1) is 15.4. The van der Waals surface area contributed by atoms with E-state index in [2.05, 4.69) is 32.4 Å². The van der Waals surface area contributed by atoms with Gasteiger partial charge in [0, 0.05) is 24.5 Å². The number of hydrogen-bond donors (Lipinski definition) is 2. The summed E-state index contributed by atoms with van der Waals surface area (Å²) in [7, 11) is 1.93. The van der Waals surface area contributed by atoms with Gasteiger partial charge in [-0.3, -0.25) is 9.59 Å². The van der Waals surface area contributed by atoms with Gasteiger partial charge in [-0.2, -0.15) is 0 Å². The fourth-order valence-electron chi connectivity index (χ4n) is 4.79. The number of anilines is 1. The number of benzene rings is 1. The normalized spacial score (nSPS) is 20.2. The number of nitrogens with one attached hydrogen (secondary N) is 2. The second-order valence-electron chi connectivity index (χ2n) is 8.47. The van der Waals surface area contributed by atoms with E-state index in [1.807, 2.05) is 29.8 Å². The molecule has 0 aliphatic heterocycles. The Morgan fingerprint density at radius 1 is 1.34 bits per heavy atom. The zero-order valence-electron chi connectivity index (χ0n) is 17.6. The molecular formula is C23H21FN6O2. The molecule has 1 fully saturated rings. The van der Waals surface area contributed by atoms with Gasteiger partial charge in [-0.1, -0.05) is 19.1 Å². The van der Waals surface area contributed by atoms with E-state index in [0.717, 1.165) is 30.4 Å². The second-order valence-corrected chi connectivity index (χ2v) is 8.47. The summed E-state index contributed by atoms with van der Waals surface area (Å²) in [5.41, 5.74) is 1.71. The molecule has 0 unspecified atom stereocenters. The summed E-state index contributed by atoms with van der Waals surface area (Å²) in [4.78, 5) is 31.1. The van der Waals surface area contributed by atoms with Gasteiger partial charge in [0.1, 0.15) is 23.4 Å². The Hall–Kier alpha value is -3.88. The zero-order valence-corrected chi connectivity index (χ0v) is 17.6. The minimum absolute atomic E-state index is 0.0382. The van der Waals surface area contributed by atoms with Crippen molar-refractivity contribution in [2.24, 2.45) is 13.0 Å². The number of aldehydes is 1. The van der Waals surface area contributed by atoms with Crippen LogP contribution in [0, 0.1) is 11.7 Å². The van der Waals surface area contributed by atoms with Crippen molar-refractivity contribution in [2.75, 3.05) is 5.32 Å². The van der Waals surface area contributed by atoms with Crippen molar-refractivity contribution < 1.29 is 14.0 Å². The molecule has 1 aliphatic rings. The quantitative estimate of drug-likeness (QED) is 0.469.